The van der Waals surface area contributed by atoms with Crippen molar-refractivity contribution in [2.75, 3.05) is 21.1 Å². The van der Waals surface area contributed by atoms with Crippen LogP contribution in [0.5, 0.6) is 0 Å². The molecular formula is C14H22N4. The summed E-state index contributed by atoms with van der Waals surface area (Å²) < 4.78 is 0. The van der Waals surface area contributed by atoms with Crippen LogP contribution in [-0.4, -0.2) is 32.6 Å². The maximum absolute atomic E-state index is 8.12. The highest BCUT2D eigenvalue weighted by Crippen LogP contribution is 2.27. The molecule has 0 atom stereocenters. The molecule has 0 fully saturated rings. The Balaban J connectivity index is 3.29. The van der Waals surface area contributed by atoms with Crippen LogP contribution in [-0.2, 0) is 0 Å². The third kappa shape index (κ3) is 2.70. The standard InChI is InChI=1S/C14H22N4/c1-9(2)12(15)11-7-6-10(8-16-3)13(17-4)14(11)18-5/h8,15-16,18H,1,6-7H2,2-5H3/b10-8-,15-12?,17-13+. The van der Waals surface area contributed by atoms with Crippen molar-refractivity contribution < 1.29 is 0 Å². The monoisotopic (exact) mass is 246 g/mol. The first-order chi connectivity index (χ1) is 8.56. The first-order valence-corrected chi connectivity index (χ1v) is 6.06. The van der Waals surface area contributed by atoms with Gasteiger partial charge < -0.3 is 16.0 Å². The summed E-state index contributed by atoms with van der Waals surface area (Å²) in [7, 11) is 5.53. The number of rotatable bonds is 4. The average molecular weight is 246 g/mol. The second-order valence-corrected chi connectivity index (χ2v) is 4.29. The fourth-order valence-corrected chi connectivity index (χ4v) is 2.15. The molecule has 0 saturated carbocycles. The lowest BCUT2D eigenvalue weighted by molar-refractivity contribution is 0.893. The molecule has 98 valence electrons. The van der Waals surface area contributed by atoms with Gasteiger partial charge in [-0.3, -0.25) is 4.99 Å². The third-order valence-corrected chi connectivity index (χ3v) is 3.01. The van der Waals surface area contributed by atoms with Crippen LogP contribution in [0.25, 0.3) is 0 Å². The van der Waals surface area contributed by atoms with Gasteiger partial charge in [0.05, 0.1) is 17.1 Å². The van der Waals surface area contributed by atoms with Crippen molar-refractivity contribution in [3.8, 4) is 0 Å². The summed E-state index contributed by atoms with van der Waals surface area (Å²) in [4.78, 5) is 4.35. The molecule has 3 N–H and O–H groups in total. The number of hydrogen-bond acceptors (Lipinski definition) is 4. The molecule has 0 aliphatic heterocycles. The van der Waals surface area contributed by atoms with Crippen LogP contribution in [0.15, 0.2) is 40.2 Å². The zero-order valence-corrected chi connectivity index (χ0v) is 11.6. The molecule has 1 aliphatic carbocycles. The number of hydrogen-bond donors (Lipinski definition) is 3. The lowest BCUT2D eigenvalue weighted by Gasteiger charge is -2.25. The van der Waals surface area contributed by atoms with Crippen LogP contribution in [0.2, 0.25) is 0 Å². The molecule has 0 amide bonds. The quantitative estimate of drug-likeness (QED) is 0.665. The van der Waals surface area contributed by atoms with Gasteiger partial charge in [-0.25, -0.2) is 0 Å². The summed E-state index contributed by atoms with van der Waals surface area (Å²) in [6, 6.07) is 0. The van der Waals surface area contributed by atoms with Crippen molar-refractivity contribution in [2.45, 2.75) is 19.8 Å². The Morgan fingerprint density at radius 2 is 2.06 bits per heavy atom. The van der Waals surface area contributed by atoms with E-state index in [9.17, 15) is 0 Å². The Morgan fingerprint density at radius 3 is 2.50 bits per heavy atom. The largest absolute Gasteiger partial charge is 0.394 e. The zero-order chi connectivity index (χ0) is 13.7. The molecule has 0 bridgehead atoms. The predicted octanol–water partition coefficient (Wildman–Crippen LogP) is 2.02. The summed E-state index contributed by atoms with van der Waals surface area (Å²) in [6.07, 6.45) is 3.71. The Morgan fingerprint density at radius 1 is 1.39 bits per heavy atom. The molecule has 4 heteroatoms. The highest BCUT2D eigenvalue weighted by molar-refractivity contribution is 6.21. The van der Waals surface area contributed by atoms with Crippen LogP contribution in [0, 0.1) is 5.41 Å². The lowest BCUT2D eigenvalue weighted by Crippen LogP contribution is -2.28. The van der Waals surface area contributed by atoms with Crippen LogP contribution in [0.1, 0.15) is 19.8 Å². The van der Waals surface area contributed by atoms with Gasteiger partial charge in [0.1, 0.15) is 0 Å². The summed E-state index contributed by atoms with van der Waals surface area (Å²) in [5, 5.41) is 14.3. The molecule has 1 rings (SSSR count). The normalized spacial score (nSPS) is 20.2. The van der Waals surface area contributed by atoms with Crippen molar-refractivity contribution >= 4 is 11.4 Å². The van der Waals surface area contributed by atoms with Gasteiger partial charge in [0.25, 0.3) is 0 Å². The van der Waals surface area contributed by atoms with Crippen LogP contribution < -0.4 is 10.6 Å². The number of aliphatic imine (C=N–C) groups is 1. The van der Waals surface area contributed by atoms with E-state index in [4.69, 9.17) is 5.41 Å². The molecule has 0 unspecified atom stereocenters. The maximum atomic E-state index is 8.12. The van der Waals surface area contributed by atoms with Gasteiger partial charge in [-0.05, 0) is 30.9 Å². The molecule has 18 heavy (non-hydrogen) atoms. The van der Waals surface area contributed by atoms with Crippen LogP contribution in [0.3, 0.4) is 0 Å². The molecule has 0 aromatic heterocycles. The van der Waals surface area contributed by atoms with E-state index in [1.807, 2.05) is 27.2 Å². The van der Waals surface area contributed by atoms with Crippen molar-refractivity contribution in [1.29, 1.82) is 5.41 Å². The van der Waals surface area contributed by atoms with Gasteiger partial charge in [0, 0.05) is 32.9 Å². The molecule has 0 heterocycles. The van der Waals surface area contributed by atoms with Gasteiger partial charge in [0.2, 0.25) is 0 Å². The maximum Gasteiger partial charge on any atom is 0.0852 e. The summed E-state index contributed by atoms with van der Waals surface area (Å²) in [6.45, 7) is 5.72. The Kier molecular flexibility index (Phi) is 4.89. The van der Waals surface area contributed by atoms with Gasteiger partial charge in [-0.1, -0.05) is 6.58 Å². The fraction of sp³-hybridized carbons (Fsp3) is 0.429. The fourth-order valence-electron chi connectivity index (χ4n) is 2.15. The molecular weight excluding hydrogens is 224 g/mol. The van der Waals surface area contributed by atoms with Crippen molar-refractivity contribution in [3.63, 3.8) is 0 Å². The van der Waals surface area contributed by atoms with E-state index in [0.29, 0.717) is 5.71 Å². The van der Waals surface area contributed by atoms with Crippen molar-refractivity contribution in [2.24, 2.45) is 4.99 Å². The molecule has 0 aromatic rings. The van der Waals surface area contributed by atoms with E-state index >= 15 is 0 Å². The van der Waals surface area contributed by atoms with Gasteiger partial charge in [-0.15, -0.1) is 0 Å². The molecule has 1 aliphatic rings. The molecule has 0 spiro atoms. The van der Waals surface area contributed by atoms with Crippen LogP contribution in [0.4, 0.5) is 0 Å². The van der Waals surface area contributed by atoms with E-state index < -0.39 is 0 Å². The highest BCUT2D eigenvalue weighted by Gasteiger charge is 2.24. The predicted molar refractivity (Wildman–Crippen MR) is 78.4 cm³/mol. The summed E-state index contributed by atoms with van der Waals surface area (Å²) in [5.74, 6) is 0. The van der Waals surface area contributed by atoms with E-state index in [1.165, 1.54) is 5.57 Å². The first kappa shape index (κ1) is 14.2. The summed E-state index contributed by atoms with van der Waals surface area (Å²) in [5.41, 5.74) is 5.34. The third-order valence-electron chi connectivity index (χ3n) is 3.01. The summed E-state index contributed by atoms with van der Waals surface area (Å²) >= 11 is 0. The van der Waals surface area contributed by atoms with Crippen LogP contribution >= 0.6 is 0 Å². The second kappa shape index (κ2) is 6.19. The highest BCUT2D eigenvalue weighted by atomic mass is 14.9. The second-order valence-electron chi connectivity index (χ2n) is 4.29. The Hall–Kier alpha value is -1.84. The number of allylic oxidation sites excluding steroid dienone is 3. The van der Waals surface area contributed by atoms with Gasteiger partial charge in [0.15, 0.2) is 0 Å². The Labute approximate surface area is 109 Å². The first-order valence-electron chi connectivity index (χ1n) is 6.06. The Bertz CT molecular complexity index is 452. The minimum Gasteiger partial charge on any atom is -0.394 e. The smallest absolute Gasteiger partial charge is 0.0852 e. The number of nitrogens with one attached hydrogen (secondary N) is 3. The molecule has 4 nitrogen and oxygen atoms in total. The minimum absolute atomic E-state index is 0.518. The van der Waals surface area contributed by atoms with Crippen molar-refractivity contribution in [3.05, 3.63) is 35.2 Å². The number of nitrogens with zero attached hydrogens (tertiary/aromatic N) is 1. The molecule has 0 saturated heterocycles. The average Bonchev–Trinajstić information content (AvgIpc) is 2.37. The SMILES string of the molecule is C=C(C)C(=N)C1=C(NC)C(=N/C)/C(=C\NC)CC1. The lowest BCUT2D eigenvalue weighted by atomic mass is 9.86. The van der Waals surface area contributed by atoms with E-state index in [-0.39, 0.29) is 0 Å². The van der Waals surface area contributed by atoms with Gasteiger partial charge in [-0.2, -0.15) is 0 Å². The molecule has 0 aromatic carbocycles. The minimum atomic E-state index is 0.518. The van der Waals surface area contributed by atoms with E-state index in [2.05, 4.69) is 22.2 Å². The molecule has 0 radical (unpaired) electrons. The topological polar surface area (TPSA) is 60.3 Å². The van der Waals surface area contributed by atoms with Crippen molar-refractivity contribution in [1.82, 2.24) is 10.6 Å². The zero-order valence-electron chi connectivity index (χ0n) is 11.6. The van der Waals surface area contributed by atoms with E-state index in [0.717, 1.165) is 35.4 Å². The van der Waals surface area contributed by atoms with Gasteiger partial charge >= 0.3 is 0 Å². The van der Waals surface area contributed by atoms with E-state index in [1.54, 1.807) is 7.05 Å².